The van der Waals surface area contributed by atoms with Gasteiger partial charge in [0.2, 0.25) is 0 Å². The Kier molecular flexibility index (Phi) is 6.76. The molecule has 9 aromatic rings. The lowest BCUT2D eigenvalue weighted by Gasteiger charge is -2.28. The Morgan fingerprint density at radius 2 is 0.909 bits per heavy atom. The van der Waals surface area contributed by atoms with E-state index in [0.717, 1.165) is 39.0 Å². The standard InChI is InChI=1S/C53H39NO/c1-52(2)45-20-10-7-16-39(45)42-30-28-37(32-49(42)52)54(36-26-24-35(25-27-36)34-14-5-4-6-15-34)38-29-31-43-44-19-13-23-48(51(44)55-50(43)33-38)53(3)46-21-11-8-17-40(46)41-18-9-12-22-47(41)53/h4-33H,1-3H3. The van der Waals surface area contributed by atoms with E-state index in [4.69, 9.17) is 4.42 Å². The molecule has 0 spiro atoms. The molecule has 1 heterocycles. The predicted octanol–water partition coefficient (Wildman–Crippen LogP) is 14.4. The number of benzene rings is 8. The lowest BCUT2D eigenvalue weighted by molar-refractivity contribution is 0.638. The summed E-state index contributed by atoms with van der Waals surface area (Å²) in [5, 5.41) is 2.26. The van der Waals surface area contributed by atoms with Crippen LogP contribution in [0.25, 0.3) is 55.3 Å². The average molecular weight is 706 g/mol. The van der Waals surface area contributed by atoms with E-state index in [9.17, 15) is 0 Å². The summed E-state index contributed by atoms with van der Waals surface area (Å²) >= 11 is 0. The van der Waals surface area contributed by atoms with Gasteiger partial charge in [-0.25, -0.2) is 0 Å². The highest BCUT2D eigenvalue weighted by molar-refractivity contribution is 6.08. The first-order valence-electron chi connectivity index (χ1n) is 19.3. The fraction of sp³-hybridized carbons (Fsp3) is 0.0943. The Morgan fingerprint density at radius 3 is 1.62 bits per heavy atom. The fourth-order valence-electron chi connectivity index (χ4n) is 9.78. The van der Waals surface area contributed by atoms with Crippen molar-refractivity contribution in [2.75, 3.05) is 4.90 Å². The van der Waals surface area contributed by atoms with Crippen LogP contribution in [0.15, 0.2) is 186 Å². The molecule has 262 valence electrons. The van der Waals surface area contributed by atoms with Gasteiger partial charge in [0.1, 0.15) is 11.2 Å². The van der Waals surface area contributed by atoms with Crippen molar-refractivity contribution in [2.24, 2.45) is 0 Å². The van der Waals surface area contributed by atoms with Crippen molar-refractivity contribution in [3.8, 4) is 33.4 Å². The normalized spacial score (nSPS) is 14.4. The van der Waals surface area contributed by atoms with Gasteiger partial charge in [-0.15, -0.1) is 0 Å². The van der Waals surface area contributed by atoms with Crippen LogP contribution in [0.4, 0.5) is 17.1 Å². The molecule has 0 fully saturated rings. The van der Waals surface area contributed by atoms with Crippen LogP contribution in [-0.2, 0) is 10.8 Å². The molecule has 2 aliphatic carbocycles. The first kappa shape index (κ1) is 31.8. The van der Waals surface area contributed by atoms with Crippen LogP contribution in [0.5, 0.6) is 0 Å². The highest BCUT2D eigenvalue weighted by atomic mass is 16.3. The number of furan rings is 1. The Hall–Kier alpha value is -6.64. The predicted molar refractivity (Wildman–Crippen MR) is 229 cm³/mol. The minimum absolute atomic E-state index is 0.114. The summed E-state index contributed by atoms with van der Waals surface area (Å²) < 4.78 is 7.05. The van der Waals surface area contributed by atoms with Gasteiger partial charge >= 0.3 is 0 Å². The molecule has 0 radical (unpaired) electrons. The molecule has 11 rings (SSSR count). The lowest BCUT2D eigenvalue weighted by atomic mass is 9.74. The third-order valence-corrected chi connectivity index (χ3v) is 12.6. The number of anilines is 3. The van der Waals surface area contributed by atoms with E-state index in [-0.39, 0.29) is 10.8 Å². The Balaban J connectivity index is 1.09. The van der Waals surface area contributed by atoms with Gasteiger partial charge in [0.25, 0.3) is 0 Å². The van der Waals surface area contributed by atoms with Gasteiger partial charge in [0.05, 0.1) is 0 Å². The molecular formula is C53H39NO. The summed E-state index contributed by atoms with van der Waals surface area (Å²) in [5.41, 5.74) is 18.8. The van der Waals surface area contributed by atoms with E-state index in [2.05, 4.69) is 208 Å². The Morgan fingerprint density at radius 1 is 0.382 bits per heavy atom. The van der Waals surface area contributed by atoms with Crippen LogP contribution in [0.1, 0.15) is 48.6 Å². The molecule has 8 aromatic carbocycles. The molecule has 0 amide bonds. The van der Waals surface area contributed by atoms with E-state index in [1.165, 1.54) is 61.2 Å². The van der Waals surface area contributed by atoms with Gasteiger partial charge in [-0.05, 0) is 99.0 Å². The van der Waals surface area contributed by atoms with Crippen LogP contribution in [0.3, 0.4) is 0 Å². The zero-order valence-electron chi connectivity index (χ0n) is 31.2. The molecule has 0 saturated carbocycles. The van der Waals surface area contributed by atoms with Crippen LogP contribution in [-0.4, -0.2) is 0 Å². The van der Waals surface area contributed by atoms with Crippen molar-refractivity contribution in [3.05, 3.63) is 210 Å². The summed E-state index contributed by atoms with van der Waals surface area (Å²) in [7, 11) is 0. The van der Waals surface area contributed by atoms with Crippen molar-refractivity contribution in [1.82, 2.24) is 0 Å². The smallest absolute Gasteiger partial charge is 0.139 e. The number of hydrogen-bond acceptors (Lipinski definition) is 2. The van der Waals surface area contributed by atoms with E-state index in [1.54, 1.807) is 0 Å². The molecule has 55 heavy (non-hydrogen) atoms. The highest BCUT2D eigenvalue weighted by Gasteiger charge is 2.42. The molecule has 0 unspecified atom stereocenters. The summed E-state index contributed by atoms with van der Waals surface area (Å²) in [4.78, 5) is 2.38. The molecule has 1 aromatic heterocycles. The third-order valence-electron chi connectivity index (χ3n) is 12.6. The van der Waals surface area contributed by atoms with Crippen LogP contribution >= 0.6 is 0 Å². The quantitative estimate of drug-likeness (QED) is 0.177. The van der Waals surface area contributed by atoms with Crippen molar-refractivity contribution >= 4 is 39.0 Å². The first-order chi connectivity index (χ1) is 26.9. The second-order valence-electron chi connectivity index (χ2n) is 15.8. The van der Waals surface area contributed by atoms with Gasteiger partial charge < -0.3 is 9.32 Å². The number of fused-ring (bicyclic) bond motifs is 9. The van der Waals surface area contributed by atoms with Crippen molar-refractivity contribution in [1.29, 1.82) is 0 Å². The van der Waals surface area contributed by atoms with Gasteiger partial charge in [-0.3, -0.25) is 0 Å². The second kappa shape index (κ2) is 11.7. The molecule has 0 atom stereocenters. The number of para-hydroxylation sites is 1. The maximum absolute atomic E-state index is 7.05. The summed E-state index contributed by atoms with van der Waals surface area (Å²) in [5.74, 6) is 0. The average Bonchev–Trinajstić information content (AvgIpc) is 3.82. The zero-order chi connectivity index (χ0) is 36.9. The van der Waals surface area contributed by atoms with Gasteiger partial charge in [0.15, 0.2) is 0 Å². The SMILES string of the molecule is CC1(C)c2ccccc2-c2ccc(N(c3ccc(-c4ccccc4)cc3)c3ccc4c(c3)oc3c(C5(C)c6ccccc6-c6ccccc65)cccc34)cc21. The van der Waals surface area contributed by atoms with Gasteiger partial charge in [-0.2, -0.15) is 0 Å². The van der Waals surface area contributed by atoms with E-state index in [0.29, 0.717) is 0 Å². The van der Waals surface area contributed by atoms with Crippen LogP contribution in [0, 0.1) is 0 Å². The number of nitrogens with zero attached hydrogens (tertiary/aromatic N) is 1. The summed E-state index contributed by atoms with van der Waals surface area (Å²) in [6.07, 6.45) is 0. The maximum atomic E-state index is 7.05. The third kappa shape index (κ3) is 4.55. The minimum Gasteiger partial charge on any atom is -0.456 e. The molecule has 0 saturated heterocycles. The largest absolute Gasteiger partial charge is 0.456 e. The molecule has 2 nitrogen and oxygen atoms in total. The summed E-state index contributed by atoms with van der Waals surface area (Å²) in [6.45, 7) is 7.06. The molecule has 2 heteroatoms. The minimum atomic E-state index is -0.356. The number of rotatable bonds is 5. The van der Waals surface area contributed by atoms with Crippen molar-refractivity contribution in [2.45, 2.75) is 31.6 Å². The monoisotopic (exact) mass is 705 g/mol. The van der Waals surface area contributed by atoms with E-state index >= 15 is 0 Å². The topological polar surface area (TPSA) is 16.4 Å². The van der Waals surface area contributed by atoms with Crippen LogP contribution < -0.4 is 4.90 Å². The molecule has 2 aliphatic rings. The van der Waals surface area contributed by atoms with E-state index in [1.807, 2.05) is 0 Å². The number of hydrogen-bond donors (Lipinski definition) is 0. The van der Waals surface area contributed by atoms with Crippen LogP contribution in [0.2, 0.25) is 0 Å². The Bertz CT molecular complexity index is 2920. The van der Waals surface area contributed by atoms with E-state index < -0.39 is 0 Å². The van der Waals surface area contributed by atoms with Gasteiger partial charge in [-0.1, -0.05) is 153 Å². The lowest BCUT2D eigenvalue weighted by Crippen LogP contribution is -2.22. The Labute approximate surface area is 322 Å². The van der Waals surface area contributed by atoms with Crippen molar-refractivity contribution < 1.29 is 4.42 Å². The van der Waals surface area contributed by atoms with Gasteiger partial charge in [0, 0.05) is 50.3 Å². The zero-order valence-corrected chi connectivity index (χ0v) is 31.2. The second-order valence-corrected chi connectivity index (χ2v) is 15.8. The molecule has 0 aliphatic heterocycles. The molecular weight excluding hydrogens is 667 g/mol. The molecule has 0 bridgehead atoms. The highest BCUT2D eigenvalue weighted by Crippen LogP contribution is 2.55. The first-order valence-corrected chi connectivity index (χ1v) is 19.3. The molecule has 0 N–H and O–H groups in total. The summed E-state index contributed by atoms with van der Waals surface area (Å²) in [6, 6.07) is 66.5. The fourth-order valence-corrected chi connectivity index (χ4v) is 9.78. The van der Waals surface area contributed by atoms with Crippen molar-refractivity contribution in [3.63, 3.8) is 0 Å². The maximum Gasteiger partial charge on any atom is 0.139 e.